The molecule has 1 aromatic carbocycles. The molecule has 92 valence electrons. The van der Waals surface area contributed by atoms with Crippen molar-refractivity contribution in [1.82, 2.24) is 0 Å². The average Bonchev–Trinajstić information content (AvgIpc) is 2.82. The summed E-state index contributed by atoms with van der Waals surface area (Å²) in [5.74, 6) is 0.664. The molecule has 0 amide bonds. The van der Waals surface area contributed by atoms with E-state index in [1.54, 1.807) is 0 Å². The topological polar surface area (TPSA) is 26.3 Å². The molecule has 1 fully saturated rings. The van der Waals surface area contributed by atoms with Crippen molar-refractivity contribution in [2.24, 2.45) is 0 Å². The van der Waals surface area contributed by atoms with Gasteiger partial charge in [-0.25, -0.2) is 0 Å². The van der Waals surface area contributed by atoms with Crippen LogP contribution in [-0.4, -0.2) is 19.5 Å². The highest BCUT2D eigenvalue weighted by atomic mass is 35.5. The van der Waals surface area contributed by atoms with E-state index < -0.39 is 0 Å². The van der Waals surface area contributed by atoms with Gasteiger partial charge >= 0.3 is 0 Å². The maximum absolute atomic E-state index is 10.5. The minimum atomic E-state index is 0.235. The van der Waals surface area contributed by atoms with Gasteiger partial charge in [0, 0.05) is 24.0 Å². The first-order chi connectivity index (χ1) is 8.22. The fraction of sp³-hybridized carbons (Fsp3) is 0.500. The lowest BCUT2D eigenvalue weighted by molar-refractivity contribution is -0.108. The van der Waals surface area contributed by atoms with Crippen molar-refractivity contribution < 1.29 is 9.53 Å². The molecule has 2 rings (SSSR count). The molecular weight excluding hydrogens is 236 g/mol. The van der Waals surface area contributed by atoms with Gasteiger partial charge in [0.25, 0.3) is 0 Å². The number of hydrogen-bond donors (Lipinski definition) is 0. The Morgan fingerprint density at radius 3 is 3.00 bits per heavy atom. The second-order valence-electron chi connectivity index (χ2n) is 4.64. The van der Waals surface area contributed by atoms with Gasteiger partial charge in [-0.3, -0.25) is 0 Å². The fourth-order valence-electron chi connectivity index (χ4n) is 2.24. The predicted molar refractivity (Wildman–Crippen MR) is 68.7 cm³/mol. The number of aldehydes is 1. The molecule has 0 aliphatic carbocycles. The molecule has 0 aromatic heterocycles. The Balaban J connectivity index is 2.18. The number of ether oxygens (including phenoxy) is 1. The Hall–Kier alpha value is -0.860. The van der Waals surface area contributed by atoms with Crippen LogP contribution in [0.1, 0.15) is 42.7 Å². The monoisotopic (exact) mass is 252 g/mol. The SMILES string of the molecule is CC(CC=O)c1ccc(C2CCOC2)c(Cl)c1. The maximum atomic E-state index is 10.5. The summed E-state index contributed by atoms with van der Waals surface area (Å²) < 4.78 is 5.38. The highest BCUT2D eigenvalue weighted by Gasteiger charge is 2.20. The van der Waals surface area contributed by atoms with Crippen LogP contribution in [0.25, 0.3) is 0 Å². The molecular formula is C14H17ClO2. The number of carbonyl (C=O) groups is 1. The molecule has 3 heteroatoms. The van der Waals surface area contributed by atoms with Gasteiger partial charge in [0.2, 0.25) is 0 Å². The average molecular weight is 253 g/mol. The first kappa shape index (κ1) is 12.6. The number of halogens is 1. The molecule has 1 aliphatic rings. The van der Waals surface area contributed by atoms with Gasteiger partial charge in [-0.2, -0.15) is 0 Å². The third-order valence-electron chi connectivity index (χ3n) is 3.41. The summed E-state index contributed by atoms with van der Waals surface area (Å²) in [4.78, 5) is 10.5. The fourth-order valence-corrected chi connectivity index (χ4v) is 2.58. The molecule has 0 radical (unpaired) electrons. The quantitative estimate of drug-likeness (QED) is 0.767. The predicted octanol–water partition coefficient (Wildman–Crippen LogP) is 3.54. The summed E-state index contributed by atoms with van der Waals surface area (Å²) in [5, 5.41) is 0.802. The van der Waals surface area contributed by atoms with Gasteiger partial charge in [0.15, 0.2) is 0 Å². The minimum absolute atomic E-state index is 0.235. The number of hydrogen-bond acceptors (Lipinski definition) is 2. The first-order valence-electron chi connectivity index (χ1n) is 6.03. The Kier molecular flexibility index (Phi) is 4.19. The van der Waals surface area contributed by atoms with Crippen LogP contribution < -0.4 is 0 Å². The van der Waals surface area contributed by atoms with Crippen LogP contribution in [0.4, 0.5) is 0 Å². The summed E-state index contributed by atoms with van der Waals surface area (Å²) in [5.41, 5.74) is 2.30. The van der Waals surface area contributed by atoms with E-state index in [1.165, 1.54) is 5.56 Å². The lowest BCUT2D eigenvalue weighted by Gasteiger charge is -2.14. The third kappa shape index (κ3) is 2.88. The Bertz CT molecular complexity index is 397. The van der Waals surface area contributed by atoms with Crippen molar-refractivity contribution >= 4 is 17.9 Å². The van der Waals surface area contributed by atoms with Crippen LogP contribution in [0.2, 0.25) is 5.02 Å². The van der Waals surface area contributed by atoms with Crippen molar-refractivity contribution in [3.63, 3.8) is 0 Å². The first-order valence-corrected chi connectivity index (χ1v) is 6.41. The second-order valence-corrected chi connectivity index (χ2v) is 5.05. The molecule has 2 unspecified atom stereocenters. The molecule has 2 nitrogen and oxygen atoms in total. The summed E-state index contributed by atoms with van der Waals surface area (Å²) in [6.45, 7) is 3.63. The van der Waals surface area contributed by atoms with Crippen LogP contribution in [0.5, 0.6) is 0 Å². The van der Waals surface area contributed by atoms with E-state index in [1.807, 2.05) is 13.0 Å². The minimum Gasteiger partial charge on any atom is -0.381 e. The number of carbonyl (C=O) groups excluding carboxylic acids is 1. The molecule has 0 saturated carbocycles. The van der Waals surface area contributed by atoms with E-state index in [9.17, 15) is 4.79 Å². The van der Waals surface area contributed by atoms with Gasteiger partial charge in [-0.05, 0) is 29.5 Å². The highest BCUT2D eigenvalue weighted by molar-refractivity contribution is 6.31. The van der Waals surface area contributed by atoms with Crippen LogP contribution in [0, 0.1) is 0 Å². The van der Waals surface area contributed by atoms with E-state index in [0.717, 1.165) is 36.5 Å². The van der Waals surface area contributed by atoms with E-state index in [0.29, 0.717) is 12.3 Å². The Morgan fingerprint density at radius 2 is 2.41 bits per heavy atom. The van der Waals surface area contributed by atoms with Crippen molar-refractivity contribution in [1.29, 1.82) is 0 Å². The molecule has 2 atom stereocenters. The van der Waals surface area contributed by atoms with E-state index in [2.05, 4.69) is 12.1 Å². The molecule has 1 aliphatic heterocycles. The summed E-state index contributed by atoms with van der Waals surface area (Å²) >= 11 is 6.31. The van der Waals surface area contributed by atoms with Crippen LogP contribution >= 0.6 is 11.6 Å². The molecule has 0 bridgehead atoms. The second kappa shape index (κ2) is 5.65. The van der Waals surface area contributed by atoms with Gasteiger partial charge in [-0.1, -0.05) is 30.7 Å². The summed E-state index contributed by atoms with van der Waals surface area (Å²) in [6, 6.07) is 6.15. The van der Waals surface area contributed by atoms with Crippen molar-refractivity contribution in [2.45, 2.75) is 31.6 Å². The zero-order valence-corrected chi connectivity index (χ0v) is 10.7. The van der Waals surface area contributed by atoms with Gasteiger partial charge in [0.1, 0.15) is 6.29 Å². The van der Waals surface area contributed by atoms with E-state index in [4.69, 9.17) is 16.3 Å². The Morgan fingerprint density at radius 1 is 1.59 bits per heavy atom. The maximum Gasteiger partial charge on any atom is 0.120 e. The largest absolute Gasteiger partial charge is 0.381 e. The molecule has 0 spiro atoms. The smallest absolute Gasteiger partial charge is 0.120 e. The highest BCUT2D eigenvalue weighted by Crippen LogP contribution is 2.33. The van der Waals surface area contributed by atoms with Gasteiger partial charge < -0.3 is 9.53 Å². The lowest BCUT2D eigenvalue weighted by atomic mass is 9.93. The zero-order valence-electron chi connectivity index (χ0n) is 9.99. The van der Waals surface area contributed by atoms with Gasteiger partial charge in [-0.15, -0.1) is 0 Å². The molecule has 0 N–H and O–H groups in total. The van der Waals surface area contributed by atoms with E-state index >= 15 is 0 Å². The van der Waals surface area contributed by atoms with E-state index in [-0.39, 0.29) is 5.92 Å². The van der Waals surface area contributed by atoms with Crippen LogP contribution in [0.3, 0.4) is 0 Å². The standard InChI is InChI=1S/C14H17ClO2/c1-10(4-6-16)11-2-3-13(14(15)8-11)12-5-7-17-9-12/h2-3,6,8,10,12H,4-5,7,9H2,1H3. The normalized spacial score (nSPS) is 21.4. The molecule has 1 heterocycles. The van der Waals surface area contributed by atoms with Crippen molar-refractivity contribution in [3.05, 3.63) is 34.3 Å². The number of benzene rings is 1. The van der Waals surface area contributed by atoms with Crippen molar-refractivity contribution in [3.8, 4) is 0 Å². The number of rotatable bonds is 4. The zero-order chi connectivity index (χ0) is 12.3. The molecule has 17 heavy (non-hydrogen) atoms. The molecule has 1 saturated heterocycles. The summed E-state index contributed by atoms with van der Waals surface area (Å²) in [6.07, 6.45) is 2.54. The lowest BCUT2D eigenvalue weighted by Crippen LogP contribution is -2.01. The molecule has 1 aromatic rings. The third-order valence-corrected chi connectivity index (χ3v) is 3.74. The van der Waals surface area contributed by atoms with Crippen LogP contribution in [0.15, 0.2) is 18.2 Å². The van der Waals surface area contributed by atoms with Gasteiger partial charge in [0.05, 0.1) is 6.61 Å². The van der Waals surface area contributed by atoms with Crippen LogP contribution in [-0.2, 0) is 9.53 Å². The Labute approximate surface area is 107 Å². The van der Waals surface area contributed by atoms with Crippen molar-refractivity contribution in [2.75, 3.05) is 13.2 Å². The summed E-state index contributed by atoms with van der Waals surface area (Å²) in [7, 11) is 0.